The molecule has 0 aliphatic rings. The molecule has 10 heteroatoms. The maximum absolute atomic E-state index is 10.0. The first kappa shape index (κ1) is 16.6. The van der Waals surface area contributed by atoms with E-state index >= 15 is 0 Å². The van der Waals surface area contributed by atoms with E-state index in [1.807, 2.05) is 0 Å². The van der Waals surface area contributed by atoms with Gasteiger partial charge in [-0.3, -0.25) is 9.13 Å². The fourth-order valence-corrected chi connectivity index (χ4v) is 2.34. The molecule has 0 aromatic carbocycles. The second kappa shape index (κ2) is 7.50. The molecule has 0 spiro atoms. The molecule has 14 heavy (non-hydrogen) atoms. The van der Waals surface area contributed by atoms with Crippen molar-refractivity contribution in [1.82, 2.24) is 0 Å². The Bertz CT molecular complexity index is 191. The molecule has 0 aromatic heterocycles. The summed E-state index contributed by atoms with van der Waals surface area (Å²) < 4.78 is 20.1. The highest BCUT2D eigenvalue weighted by Gasteiger charge is 2.20. The second-order valence-electron chi connectivity index (χ2n) is 2.22. The standard InChI is InChI=1S/C2H8O6P2.C2H6O2/c3-9(4,5)1-2-10(6,7)8;3-1-2-4/h1-2H2,(H2,3,4,5)(H2,6,7,8);3-4H,1-2H2. The molecule has 0 unspecified atom stereocenters. The van der Waals surface area contributed by atoms with Crippen LogP contribution in [0.3, 0.4) is 0 Å². The highest BCUT2D eigenvalue weighted by molar-refractivity contribution is 7.56. The van der Waals surface area contributed by atoms with Crippen LogP contribution in [0, 0.1) is 0 Å². The number of hydrogen-bond donors (Lipinski definition) is 6. The van der Waals surface area contributed by atoms with E-state index in [9.17, 15) is 9.13 Å². The van der Waals surface area contributed by atoms with E-state index in [0.717, 1.165) is 0 Å². The smallest absolute Gasteiger partial charge is 0.326 e. The first-order valence-electron chi connectivity index (χ1n) is 3.43. The summed E-state index contributed by atoms with van der Waals surface area (Å²) in [5, 5.41) is 15.2. The third-order valence-corrected chi connectivity index (χ3v) is 2.75. The van der Waals surface area contributed by atoms with Crippen LogP contribution in [0.1, 0.15) is 0 Å². The van der Waals surface area contributed by atoms with Gasteiger partial charge in [0.05, 0.1) is 25.5 Å². The SMILES string of the molecule is O=P(O)(O)CCP(=O)(O)O.OCCO. The van der Waals surface area contributed by atoms with Crippen molar-refractivity contribution in [1.29, 1.82) is 0 Å². The molecule has 6 N–H and O–H groups in total. The van der Waals surface area contributed by atoms with E-state index in [4.69, 9.17) is 29.8 Å². The van der Waals surface area contributed by atoms with E-state index < -0.39 is 27.5 Å². The Hall–Kier alpha value is 0.220. The molecule has 0 rings (SSSR count). The monoisotopic (exact) mass is 252 g/mol. The maximum atomic E-state index is 10.0. The highest BCUT2D eigenvalue weighted by Crippen LogP contribution is 2.42. The lowest BCUT2D eigenvalue weighted by Gasteiger charge is -2.03. The Balaban J connectivity index is 0. The Morgan fingerprint density at radius 2 is 0.929 bits per heavy atom. The summed E-state index contributed by atoms with van der Waals surface area (Å²) in [7, 11) is -8.51. The van der Waals surface area contributed by atoms with Gasteiger partial charge in [0.1, 0.15) is 0 Å². The predicted octanol–water partition coefficient (Wildman–Crippen LogP) is -1.69. The summed E-state index contributed by atoms with van der Waals surface area (Å²) >= 11 is 0. The molecule has 0 radical (unpaired) electrons. The van der Waals surface area contributed by atoms with Crippen LogP contribution < -0.4 is 0 Å². The van der Waals surface area contributed by atoms with Crippen LogP contribution in [0.5, 0.6) is 0 Å². The van der Waals surface area contributed by atoms with Gasteiger partial charge in [-0.25, -0.2) is 0 Å². The minimum atomic E-state index is -4.25. The largest absolute Gasteiger partial charge is 0.394 e. The summed E-state index contributed by atoms with van der Waals surface area (Å²) in [4.78, 5) is 32.6. The fraction of sp³-hybridized carbons (Fsp3) is 1.00. The van der Waals surface area contributed by atoms with Crippen LogP contribution in [0.15, 0.2) is 0 Å². The molecule has 0 bridgehead atoms. The van der Waals surface area contributed by atoms with Crippen molar-refractivity contribution >= 4 is 15.2 Å². The first-order valence-corrected chi connectivity index (χ1v) is 7.03. The number of hydrogen-bond acceptors (Lipinski definition) is 4. The van der Waals surface area contributed by atoms with Gasteiger partial charge in [-0.15, -0.1) is 0 Å². The third kappa shape index (κ3) is 22.8. The van der Waals surface area contributed by atoms with Crippen molar-refractivity contribution in [2.45, 2.75) is 0 Å². The van der Waals surface area contributed by atoms with Crippen LogP contribution in [0.25, 0.3) is 0 Å². The van der Waals surface area contributed by atoms with Crippen LogP contribution in [0.2, 0.25) is 0 Å². The summed E-state index contributed by atoms with van der Waals surface area (Å²) in [5.41, 5.74) is 0. The van der Waals surface area contributed by atoms with Crippen LogP contribution >= 0.6 is 15.2 Å². The third-order valence-electron chi connectivity index (χ3n) is 0.783. The predicted molar refractivity (Wildman–Crippen MR) is 48.0 cm³/mol. The van der Waals surface area contributed by atoms with Gasteiger partial charge >= 0.3 is 15.2 Å². The van der Waals surface area contributed by atoms with Crippen molar-refractivity contribution in [3.8, 4) is 0 Å². The van der Waals surface area contributed by atoms with Gasteiger partial charge in [0.25, 0.3) is 0 Å². The van der Waals surface area contributed by atoms with Crippen LogP contribution in [-0.4, -0.2) is 55.3 Å². The highest BCUT2D eigenvalue weighted by atomic mass is 31.2. The summed E-state index contributed by atoms with van der Waals surface area (Å²) in [6, 6.07) is 0. The molecule has 0 saturated heterocycles. The molecule has 0 aliphatic heterocycles. The molecule has 0 saturated carbocycles. The second-order valence-corrected chi connectivity index (χ2v) is 5.78. The Kier molecular flexibility index (Phi) is 8.92. The van der Waals surface area contributed by atoms with Crippen LogP contribution in [0.4, 0.5) is 0 Å². The summed E-state index contributed by atoms with van der Waals surface area (Å²) in [6.45, 7) is -0.250. The molecule has 0 aromatic rings. The Morgan fingerprint density at radius 3 is 1.00 bits per heavy atom. The van der Waals surface area contributed by atoms with Crippen LogP contribution in [-0.2, 0) is 9.13 Å². The Morgan fingerprint density at radius 1 is 0.714 bits per heavy atom. The first-order chi connectivity index (χ1) is 6.12. The van der Waals surface area contributed by atoms with Crippen molar-refractivity contribution in [3.05, 3.63) is 0 Å². The number of aliphatic hydroxyl groups is 2. The van der Waals surface area contributed by atoms with E-state index in [1.54, 1.807) is 0 Å². The normalized spacial score (nSPS) is 11.9. The van der Waals surface area contributed by atoms with E-state index in [2.05, 4.69) is 0 Å². The van der Waals surface area contributed by atoms with Gasteiger partial charge in [-0.05, 0) is 0 Å². The molecule has 0 amide bonds. The number of aliphatic hydroxyl groups excluding tert-OH is 2. The van der Waals surface area contributed by atoms with Gasteiger partial charge in [-0.2, -0.15) is 0 Å². The van der Waals surface area contributed by atoms with E-state index in [-0.39, 0.29) is 13.2 Å². The lowest BCUT2D eigenvalue weighted by atomic mass is 10.8. The van der Waals surface area contributed by atoms with Gasteiger partial charge in [0.15, 0.2) is 0 Å². The van der Waals surface area contributed by atoms with E-state index in [0.29, 0.717) is 0 Å². The van der Waals surface area contributed by atoms with Crippen molar-refractivity contribution in [2.24, 2.45) is 0 Å². The molecule has 88 valence electrons. The molecule has 0 aliphatic carbocycles. The van der Waals surface area contributed by atoms with E-state index in [1.165, 1.54) is 0 Å². The Labute approximate surface area is 80.5 Å². The average Bonchev–Trinajstić information content (AvgIpc) is 1.99. The van der Waals surface area contributed by atoms with Gasteiger partial charge < -0.3 is 29.8 Å². The van der Waals surface area contributed by atoms with Crippen molar-refractivity contribution in [3.63, 3.8) is 0 Å². The minimum absolute atomic E-state index is 0.125. The molecular formula is C4H14O8P2. The molecule has 8 nitrogen and oxygen atoms in total. The molecular weight excluding hydrogens is 238 g/mol. The lowest BCUT2D eigenvalue weighted by Crippen LogP contribution is -1.95. The van der Waals surface area contributed by atoms with Gasteiger partial charge in [-0.1, -0.05) is 0 Å². The molecule has 0 heterocycles. The average molecular weight is 252 g/mol. The zero-order valence-corrected chi connectivity index (χ0v) is 9.01. The van der Waals surface area contributed by atoms with Crippen molar-refractivity contribution in [2.75, 3.05) is 25.5 Å². The quantitative estimate of drug-likeness (QED) is 0.324. The van der Waals surface area contributed by atoms with Gasteiger partial charge in [0, 0.05) is 0 Å². The van der Waals surface area contributed by atoms with Crippen molar-refractivity contribution < 1.29 is 38.9 Å². The van der Waals surface area contributed by atoms with Gasteiger partial charge in [0.2, 0.25) is 0 Å². The molecule has 0 atom stereocenters. The summed E-state index contributed by atoms with van der Waals surface area (Å²) in [6.07, 6.45) is -1.53. The summed E-state index contributed by atoms with van der Waals surface area (Å²) in [5.74, 6) is 0. The minimum Gasteiger partial charge on any atom is -0.394 e. The lowest BCUT2D eigenvalue weighted by molar-refractivity contribution is 0.186. The number of rotatable bonds is 4. The zero-order valence-electron chi connectivity index (χ0n) is 7.22. The zero-order chi connectivity index (χ0) is 11.8. The topological polar surface area (TPSA) is 156 Å². The molecule has 0 fully saturated rings. The fourth-order valence-electron chi connectivity index (χ4n) is 0.261. The maximum Gasteiger partial charge on any atom is 0.326 e.